The van der Waals surface area contributed by atoms with Gasteiger partial charge in [-0.3, -0.25) is 4.79 Å². The Bertz CT molecular complexity index is 1420. The van der Waals surface area contributed by atoms with Crippen molar-refractivity contribution in [3.8, 4) is 0 Å². The first-order valence-electron chi connectivity index (χ1n) is 11.9. The fourth-order valence-electron chi connectivity index (χ4n) is 5.67. The minimum atomic E-state index is -4.16. The molecule has 190 valence electrons. The zero-order chi connectivity index (χ0) is 26.0. The van der Waals surface area contributed by atoms with E-state index in [-0.39, 0.29) is 29.2 Å². The molecule has 1 atom stereocenters. The lowest BCUT2D eigenvalue weighted by molar-refractivity contribution is -0.225. The lowest BCUT2D eigenvalue weighted by Crippen LogP contribution is -2.64. The van der Waals surface area contributed by atoms with Gasteiger partial charge in [-0.15, -0.1) is 0 Å². The van der Waals surface area contributed by atoms with Crippen molar-refractivity contribution in [2.24, 2.45) is 11.3 Å². The third-order valence-corrected chi connectivity index (χ3v) is 7.52. The van der Waals surface area contributed by atoms with Crippen molar-refractivity contribution in [1.29, 1.82) is 0 Å². The number of rotatable bonds is 5. The number of alkyl halides is 3. The molecule has 6 nitrogen and oxygen atoms in total. The van der Waals surface area contributed by atoms with E-state index in [9.17, 15) is 27.9 Å². The van der Waals surface area contributed by atoms with Crippen molar-refractivity contribution in [3.05, 3.63) is 68.9 Å². The molecular weight excluding hydrogens is 473 g/mol. The maximum absolute atomic E-state index is 13.3. The van der Waals surface area contributed by atoms with E-state index in [1.54, 1.807) is 31.2 Å². The maximum Gasteiger partial charge on any atom is 0.391 e. The summed E-state index contributed by atoms with van der Waals surface area (Å²) in [6.07, 6.45) is -3.94. The van der Waals surface area contributed by atoms with Gasteiger partial charge in [-0.25, -0.2) is 4.79 Å². The van der Waals surface area contributed by atoms with E-state index in [0.717, 1.165) is 5.56 Å². The van der Waals surface area contributed by atoms with Gasteiger partial charge in [0.2, 0.25) is 5.88 Å². The average Bonchev–Trinajstić information content (AvgIpc) is 2.74. The molecule has 0 radical (unpaired) electrons. The zero-order valence-corrected chi connectivity index (χ0v) is 20.2. The number of carboxylic acids is 1. The van der Waals surface area contributed by atoms with Crippen LogP contribution in [0.2, 0.25) is 0 Å². The molecule has 5 rings (SSSR count). The van der Waals surface area contributed by atoms with Crippen LogP contribution in [0.4, 0.5) is 24.7 Å². The number of anilines is 2. The van der Waals surface area contributed by atoms with Gasteiger partial charge < -0.3 is 19.7 Å². The van der Waals surface area contributed by atoms with Crippen molar-refractivity contribution in [1.82, 2.24) is 0 Å². The Morgan fingerprint density at radius 2 is 1.86 bits per heavy atom. The van der Waals surface area contributed by atoms with E-state index in [0.29, 0.717) is 46.8 Å². The summed E-state index contributed by atoms with van der Waals surface area (Å²) < 4.78 is 45.3. The van der Waals surface area contributed by atoms with Gasteiger partial charge in [-0.1, -0.05) is 18.2 Å². The van der Waals surface area contributed by atoms with Gasteiger partial charge in [0.05, 0.1) is 28.5 Å². The Labute approximate surface area is 205 Å². The molecule has 2 aromatic carbocycles. The molecule has 1 spiro atoms. The highest BCUT2D eigenvalue weighted by Gasteiger charge is 2.60. The summed E-state index contributed by atoms with van der Waals surface area (Å²) in [6.45, 7) is 6.26. The number of para-hydroxylation sites is 1. The molecule has 2 fully saturated rings. The number of fused-ring (bicyclic) bond motifs is 1. The minimum Gasteiger partial charge on any atom is -0.478 e. The number of aryl methyl sites for hydroxylation is 1. The van der Waals surface area contributed by atoms with Crippen LogP contribution in [0.1, 0.15) is 52.9 Å². The minimum absolute atomic E-state index is 0.109. The molecule has 1 aliphatic heterocycles. The number of nitrogens with zero attached hydrogens (tertiary/aromatic N) is 1. The van der Waals surface area contributed by atoms with E-state index in [2.05, 4.69) is 5.32 Å². The standard InChI is InChI=1S/C27H27F3N2O4/c1-14-8-19(16(3)31-21-7-5-4-6-18(21)25(34)35)23-20(9-14)22(33)15(2)24(36-23)32-12-26(13-32)10-17(11-26)27(28,29)30/h4-9,16-17,31H,10-13H2,1-3H3,(H,34,35)/t16-/m1/s1. The highest BCUT2D eigenvalue weighted by Crippen LogP contribution is 2.57. The quantitative estimate of drug-likeness (QED) is 0.443. The van der Waals surface area contributed by atoms with Gasteiger partial charge in [0, 0.05) is 29.8 Å². The molecule has 1 aliphatic carbocycles. The predicted molar refractivity (Wildman–Crippen MR) is 131 cm³/mol. The molecule has 0 bridgehead atoms. The first kappa shape index (κ1) is 24.2. The molecule has 36 heavy (non-hydrogen) atoms. The summed E-state index contributed by atoms with van der Waals surface area (Å²) >= 11 is 0. The Morgan fingerprint density at radius 3 is 2.50 bits per heavy atom. The van der Waals surface area contributed by atoms with Crippen molar-refractivity contribution in [3.63, 3.8) is 0 Å². The lowest BCUT2D eigenvalue weighted by atomic mass is 9.57. The Kier molecular flexibility index (Phi) is 5.57. The third kappa shape index (κ3) is 4.00. The number of aromatic carboxylic acids is 1. The summed E-state index contributed by atoms with van der Waals surface area (Å²) in [7, 11) is 0. The molecule has 1 saturated carbocycles. The lowest BCUT2D eigenvalue weighted by Gasteiger charge is -2.59. The van der Waals surface area contributed by atoms with Crippen molar-refractivity contribution >= 4 is 28.5 Å². The third-order valence-electron chi connectivity index (χ3n) is 7.52. The number of carbonyl (C=O) groups is 1. The molecular formula is C27H27F3N2O4. The molecule has 3 aromatic rings. The molecule has 0 unspecified atom stereocenters. The van der Waals surface area contributed by atoms with Crippen LogP contribution < -0.4 is 15.6 Å². The van der Waals surface area contributed by atoms with Crippen molar-refractivity contribution in [2.45, 2.75) is 45.8 Å². The largest absolute Gasteiger partial charge is 0.478 e. The summed E-state index contributed by atoms with van der Waals surface area (Å²) in [5.74, 6) is -1.92. The van der Waals surface area contributed by atoms with Gasteiger partial charge in [0.1, 0.15) is 5.58 Å². The summed E-state index contributed by atoms with van der Waals surface area (Å²) in [4.78, 5) is 26.8. The number of benzene rings is 2. The van der Waals surface area contributed by atoms with Crippen molar-refractivity contribution in [2.75, 3.05) is 23.3 Å². The van der Waals surface area contributed by atoms with Gasteiger partial charge in [0.15, 0.2) is 5.43 Å². The van der Waals surface area contributed by atoms with Gasteiger partial charge in [-0.2, -0.15) is 13.2 Å². The summed E-state index contributed by atoms with van der Waals surface area (Å²) in [6, 6.07) is 9.83. The van der Waals surface area contributed by atoms with Crippen LogP contribution in [-0.4, -0.2) is 30.3 Å². The molecule has 9 heteroatoms. The SMILES string of the molecule is Cc1cc([C@@H](C)Nc2ccccc2C(=O)O)c2oc(N3CC4(CC(C(F)(F)F)C4)C3)c(C)c(=O)c2c1. The zero-order valence-electron chi connectivity index (χ0n) is 20.2. The predicted octanol–water partition coefficient (Wildman–Crippen LogP) is 6.06. The molecule has 2 heterocycles. The first-order chi connectivity index (χ1) is 16.9. The molecule has 0 amide bonds. The van der Waals surface area contributed by atoms with Crippen LogP contribution in [0.5, 0.6) is 0 Å². The van der Waals surface area contributed by atoms with E-state index < -0.39 is 24.1 Å². The van der Waals surface area contributed by atoms with Crippen molar-refractivity contribution < 1.29 is 27.5 Å². The van der Waals surface area contributed by atoms with Crippen LogP contribution in [0, 0.1) is 25.2 Å². The molecule has 2 N–H and O–H groups in total. The monoisotopic (exact) mass is 500 g/mol. The summed E-state index contributed by atoms with van der Waals surface area (Å²) in [5, 5.41) is 13.2. The van der Waals surface area contributed by atoms with Crippen LogP contribution in [0.15, 0.2) is 45.6 Å². The van der Waals surface area contributed by atoms with Crippen LogP contribution in [0.25, 0.3) is 11.0 Å². The first-order valence-corrected chi connectivity index (χ1v) is 11.9. The maximum atomic E-state index is 13.3. The topological polar surface area (TPSA) is 82.8 Å². The normalized spacial score (nSPS) is 18.1. The Hall–Kier alpha value is -3.49. The van der Waals surface area contributed by atoms with Gasteiger partial charge >= 0.3 is 12.1 Å². The average molecular weight is 501 g/mol. The number of halogens is 3. The molecule has 2 aliphatic rings. The summed E-state index contributed by atoms with van der Waals surface area (Å²) in [5.41, 5.74) is 2.38. The second kappa shape index (κ2) is 8.28. The second-order valence-electron chi connectivity index (χ2n) is 10.3. The smallest absolute Gasteiger partial charge is 0.391 e. The highest BCUT2D eigenvalue weighted by molar-refractivity contribution is 5.94. The van der Waals surface area contributed by atoms with E-state index in [1.807, 2.05) is 24.8 Å². The van der Waals surface area contributed by atoms with Crippen LogP contribution in [-0.2, 0) is 0 Å². The van der Waals surface area contributed by atoms with E-state index >= 15 is 0 Å². The van der Waals surface area contributed by atoms with Gasteiger partial charge in [-0.05, 0) is 57.4 Å². The number of carboxylic acid groups (broad SMARTS) is 1. The van der Waals surface area contributed by atoms with Gasteiger partial charge in [0.25, 0.3) is 0 Å². The number of hydrogen-bond acceptors (Lipinski definition) is 5. The number of nitrogens with one attached hydrogen (secondary N) is 1. The Balaban J connectivity index is 1.48. The molecule has 1 aromatic heterocycles. The van der Waals surface area contributed by atoms with E-state index in [4.69, 9.17) is 4.42 Å². The van der Waals surface area contributed by atoms with E-state index in [1.165, 1.54) is 6.07 Å². The molecule has 1 saturated heterocycles. The highest BCUT2D eigenvalue weighted by atomic mass is 19.4. The van der Waals surface area contributed by atoms with Crippen LogP contribution >= 0.6 is 0 Å². The second-order valence-corrected chi connectivity index (χ2v) is 10.3. The fourth-order valence-corrected chi connectivity index (χ4v) is 5.67. The van der Waals surface area contributed by atoms with Crippen LogP contribution in [0.3, 0.4) is 0 Å². The number of hydrogen-bond donors (Lipinski definition) is 2. The fraction of sp³-hybridized carbons (Fsp3) is 0.407. The Morgan fingerprint density at radius 1 is 1.19 bits per heavy atom.